The predicted molar refractivity (Wildman–Crippen MR) is 128 cm³/mol. The average Bonchev–Trinajstić information content (AvgIpc) is 3.15. The van der Waals surface area contributed by atoms with E-state index >= 15 is 0 Å². The number of hydrogen-bond donors (Lipinski definition) is 0. The Kier molecular flexibility index (Phi) is 6.87. The molecular formula is C25H26N2O4S. The molecule has 0 aliphatic carbocycles. The monoisotopic (exact) mass is 450 g/mol. The maximum Gasteiger partial charge on any atom is 0.284 e. The Bertz CT molecular complexity index is 1320. The van der Waals surface area contributed by atoms with Gasteiger partial charge in [-0.25, -0.2) is 0 Å². The van der Waals surface area contributed by atoms with Crippen molar-refractivity contribution in [2.75, 3.05) is 26.9 Å². The van der Waals surface area contributed by atoms with Gasteiger partial charge in [-0.1, -0.05) is 41.7 Å². The van der Waals surface area contributed by atoms with E-state index in [0.29, 0.717) is 42.5 Å². The molecule has 0 bridgehead atoms. The lowest BCUT2D eigenvalue weighted by molar-refractivity contribution is 0.0994. The molecule has 166 valence electrons. The summed E-state index contributed by atoms with van der Waals surface area (Å²) in [4.78, 5) is 18.7. The zero-order valence-corrected chi connectivity index (χ0v) is 19.3. The topological polar surface area (TPSA) is 62.1 Å². The molecule has 1 aromatic heterocycles. The quantitative estimate of drug-likeness (QED) is 0.353. The van der Waals surface area contributed by atoms with E-state index in [2.05, 4.69) is 4.99 Å². The van der Waals surface area contributed by atoms with Crippen molar-refractivity contribution in [3.8, 4) is 11.5 Å². The van der Waals surface area contributed by atoms with Gasteiger partial charge in [0, 0.05) is 13.2 Å². The molecule has 0 saturated heterocycles. The molecule has 0 N–H and O–H groups in total. The molecule has 1 heterocycles. The van der Waals surface area contributed by atoms with Crippen molar-refractivity contribution < 1.29 is 19.0 Å². The minimum atomic E-state index is -0.325. The summed E-state index contributed by atoms with van der Waals surface area (Å²) in [5.41, 5.74) is 1.47. The van der Waals surface area contributed by atoms with Crippen LogP contribution in [0.4, 0.5) is 0 Å². The van der Waals surface area contributed by atoms with E-state index in [1.165, 1.54) is 11.3 Å². The molecule has 0 radical (unpaired) electrons. The zero-order chi connectivity index (χ0) is 22.5. The minimum absolute atomic E-state index is 0.325. The van der Waals surface area contributed by atoms with Crippen molar-refractivity contribution >= 4 is 38.2 Å². The third-order valence-corrected chi connectivity index (χ3v) is 6.20. The molecule has 6 nitrogen and oxygen atoms in total. The Morgan fingerprint density at radius 3 is 2.69 bits per heavy atom. The Hall–Kier alpha value is -3.16. The molecule has 3 aromatic carbocycles. The number of amides is 1. The molecule has 0 spiro atoms. The lowest BCUT2D eigenvalue weighted by atomic mass is 10.0. The number of benzene rings is 3. The van der Waals surface area contributed by atoms with Crippen LogP contribution < -0.4 is 14.3 Å². The van der Waals surface area contributed by atoms with E-state index in [4.69, 9.17) is 14.2 Å². The maximum atomic E-state index is 13.5. The zero-order valence-electron chi connectivity index (χ0n) is 18.5. The Morgan fingerprint density at radius 2 is 1.91 bits per heavy atom. The summed E-state index contributed by atoms with van der Waals surface area (Å²) < 4.78 is 19.7. The van der Waals surface area contributed by atoms with Gasteiger partial charge in [-0.3, -0.25) is 4.79 Å². The van der Waals surface area contributed by atoms with E-state index < -0.39 is 0 Å². The summed E-state index contributed by atoms with van der Waals surface area (Å²) in [5, 5.41) is 1.80. The van der Waals surface area contributed by atoms with Crippen molar-refractivity contribution in [2.45, 2.75) is 20.4 Å². The summed E-state index contributed by atoms with van der Waals surface area (Å²) in [6, 6.07) is 17.5. The van der Waals surface area contributed by atoms with Crippen LogP contribution in [0.1, 0.15) is 24.2 Å². The lowest BCUT2D eigenvalue weighted by Gasteiger charge is -2.11. The van der Waals surface area contributed by atoms with Crippen LogP contribution >= 0.6 is 11.3 Å². The van der Waals surface area contributed by atoms with Gasteiger partial charge in [0.1, 0.15) is 11.5 Å². The third kappa shape index (κ3) is 4.40. The fourth-order valence-electron chi connectivity index (χ4n) is 3.67. The van der Waals surface area contributed by atoms with Crippen molar-refractivity contribution in [1.29, 1.82) is 0 Å². The number of carbonyl (C=O) groups excluding carboxylic acids is 1. The summed E-state index contributed by atoms with van der Waals surface area (Å²) in [6.07, 6.45) is 0. The van der Waals surface area contributed by atoms with Gasteiger partial charge in [-0.05, 0) is 48.9 Å². The summed E-state index contributed by atoms with van der Waals surface area (Å²) in [7, 11) is 1.64. The Morgan fingerprint density at radius 1 is 1.06 bits per heavy atom. The highest BCUT2D eigenvalue weighted by atomic mass is 32.1. The predicted octanol–water partition coefficient (Wildman–Crippen LogP) is 5.04. The van der Waals surface area contributed by atoms with Crippen LogP contribution in [0.5, 0.6) is 11.5 Å². The summed E-state index contributed by atoms with van der Waals surface area (Å²) >= 11 is 1.46. The van der Waals surface area contributed by atoms with Gasteiger partial charge in [0.2, 0.25) is 0 Å². The second-order valence-corrected chi connectivity index (χ2v) is 8.09. The molecule has 0 fully saturated rings. The first-order valence-corrected chi connectivity index (χ1v) is 11.5. The number of methoxy groups -OCH3 is 1. The first-order valence-electron chi connectivity index (χ1n) is 10.6. The number of thiazole rings is 1. The number of fused-ring (bicyclic) bond motifs is 2. The van der Waals surface area contributed by atoms with Crippen molar-refractivity contribution in [2.24, 2.45) is 4.99 Å². The highest BCUT2D eigenvalue weighted by Gasteiger charge is 2.17. The number of rotatable bonds is 8. The SMILES string of the molecule is CCOCCn1c(=NC(=O)c2c(OCC)ccc3ccccc23)sc2cc(OC)ccc21. The third-order valence-electron chi connectivity index (χ3n) is 5.15. The first kappa shape index (κ1) is 22.0. The van der Waals surface area contributed by atoms with Crippen LogP contribution in [0, 0.1) is 0 Å². The number of hydrogen-bond acceptors (Lipinski definition) is 5. The van der Waals surface area contributed by atoms with E-state index in [0.717, 1.165) is 26.7 Å². The van der Waals surface area contributed by atoms with E-state index in [-0.39, 0.29) is 5.91 Å². The second kappa shape index (κ2) is 9.97. The highest BCUT2D eigenvalue weighted by molar-refractivity contribution is 7.16. The first-order chi connectivity index (χ1) is 15.7. The molecule has 0 unspecified atom stereocenters. The van der Waals surface area contributed by atoms with Crippen molar-refractivity contribution in [3.63, 3.8) is 0 Å². The van der Waals surface area contributed by atoms with Crippen LogP contribution in [0.3, 0.4) is 0 Å². The van der Waals surface area contributed by atoms with Crippen LogP contribution in [0.25, 0.3) is 21.0 Å². The van der Waals surface area contributed by atoms with Gasteiger partial charge in [0.25, 0.3) is 5.91 Å². The normalized spacial score (nSPS) is 11.9. The Balaban J connectivity index is 1.88. The van der Waals surface area contributed by atoms with E-state index in [9.17, 15) is 4.79 Å². The van der Waals surface area contributed by atoms with Crippen LogP contribution in [-0.2, 0) is 11.3 Å². The standard InChI is InChI=1S/C25H26N2O4S/c1-4-30-15-14-27-20-12-11-18(29-3)16-22(20)32-25(27)26-24(28)23-19-9-7-6-8-17(19)10-13-21(23)31-5-2/h6-13,16H,4-5,14-15H2,1-3H3. The molecule has 1 amide bonds. The molecule has 0 saturated carbocycles. The Labute approximate surface area is 190 Å². The van der Waals surface area contributed by atoms with Gasteiger partial charge < -0.3 is 18.8 Å². The van der Waals surface area contributed by atoms with Crippen LogP contribution in [0.15, 0.2) is 59.6 Å². The molecule has 32 heavy (non-hydrogen) atoms. The molecular weight excluding hydrogens is 424 g/mol. The van der Waals surface area contributed by atoms with Gasteiger partial charge >= 0.3 is 0 Å². The van der Waals surface area contributed by atoms with Crippen molar-refractivity contribution in [1.82, 2.24) is 4.57 Å². The summed E-state index contributed by atoms with van der Waals surface area (Å²) in [6.45, 7) is 6.10. The fraction of sp³-hybridized carbons (Fsp3) is 0.280. The van der Waals surface area contributed by atoms with Gasteiger partial charge in [-0.15, -0.1) is 0 Å². The molecule has 0 atom stereocenters. The van der Waals surface area contributed by atoms with Gasteiger partial charge in [0.05, 0.1) is 36.1 Å². The van der Waals surface area contributed by atoms with Gasteiger partial charge in [0.15, 0.2) is 4.80 Å². The minimum Gasteiger partial charge on any atom is -0.497 e. The van der Waals surface area contributed by atoms with Gasteiger partial charge in [-0.2, -0.15) is 4.99 Å². The largest absolute Gasteiger partial charge is 0.497 e. The molecule has 7 heteroatoms. The maximum absolute atomic E-state index is 13.5. The smallest absolute Gasteiger partial charge is 0.284 e. The number of aromatic nitrogens is 1. The van der Waals surface area contributed by atoms with E-state index in [1.807, 2.05) is 73.0 Å². The molecule has 4 aromatic rings. The number of nitrogens with zero attached hydrogens (tertiary/aromatic N) is 2. The highest BCUT2D eigenvalue weighted by Crippen LogP contribution is 2.29. The summed E-state index contributed by atoms with van der Waals surface area (Å²) in [5.74, 6) is 0.985. The number of carbonyl (C=O) groups is 1. The fourth-order valence-corrected chi connectivity index (χ4v) is 4.76. The average molecular weight is 451 g/mol. The van der Waals surface area contributed by atoms with Crippen LogP contribution in [-0.4, -0.2) is 37.4 Å². The van der Waals surface area contributed by atoms with Crippen LogP contribution in [0.2, 0.25) is 0 Å². The number of ether oxygens (including phenoxy) is 3. The molecule has 0 aliphatic rings. The van der Waals surface area contributed by atoms with Crippen molar-refractivity contribution in [3.05, 3.63) is 65.0 Å². The lowest BCUT2D eigenvalue weighted by Crippen LogP contribution is -2.20. The molecule has 4 rings (SSSR count). The van der Waals surface area contributed by atoms with E-state index in [1.54, 1.807) is 7.11 Å². The molecule has 0 aliphatic heterocycles. The second-order valence-electron chi connectivity index (χ2n) is 7.08.